The van der Waals surface area contributed by atoms with Gasteiger partial charge in [-0.3, -0.25) is 4.79 Å². The third kappa shape index (κ3) is 8.71. The lowest BCUT2D eigenvalue weighted by Gasteiger charge is -2.35. The summed E-state index contributed by atoms with van der Waals surface area (Å²) in [6.45, 7) is 5.96. The smallest absolute Gasteiger partial charge is 0.339 e. The number of nitrogens with one attached hydrogen (secondary N) is 1. The van der Waals surface area contributed by atoms with Crippen molar-refractivity contribution in [1.82, 2.24) is 10.2 Å². The van der Waals surface area contributed by atoms with Gasteiger partial charge < -0.3 is 39.4 Å². The third-order valence-corrected chi connectivity index (χ3v) is 9.76. The zero-order chi connectivity index (χ0) is 32.0. The van der Waals surface area contributed by atoms with E-state index in [0.717, 1.165) is 82.0 Å². The van der Waals surface area contributed by atoms with E-state index in [1.165, 1.54) is 0 Å². The highest BCUT2D eigenvalue weighted by molar-refractivity contribution is 5.88. The van der Waals surface area contributed by atoms with Crippen LogP contribution in [0.2, 0.25) is 0 Å². The number of carbonyl (C=O) groups excluding carboxylic acids is 2. The van der Waals surface area contributed by atoms with Crippen molar-refractivity contribution in [3.05, 3.63) is 35.1 Å². The number of methoxy groups -OCH3 is 1. The first kappa shape index (κ1) is 33.5. The number of hydrogen-bond acceptors (Lipinski definition) is 9. The molecule has 3 N–H and O–H groups in total. The minimum Gasteiger partial charge on any atom is -0.497 e. The molecule has 2 bridgehead atoms. The van der Waals surface area contributed by atoms with Gasteiger partial charge in [-0.25, -0.2) is 4.79 Å². The van der Waals surface area contributed by atoms with Gasteiger partial charge in [0.15, 0.2) is 23.2 Å². The van der Waals surface area contributed by atoms with Gasteiger partial charge in [-0.15, -0.1) is 0 Å². The largest absolute Gasteiger partial charge is 0.497 e. The molecule has 45 heavy (non-hydrogen) atoms. The molecule has 250 valence electrons. The fourth-order valence-electron chi connectivity index (χ4n) is 7.24. The molecule has 1 amide bonds. The molecule has 1 aliphatic carbocycles. The molecule has 4 aliphatic rings. The summed E-state index contributed by atoms with van der Waals surface area (Å²) in [5, 5.41) is 25.4. The molecule has 1 saturated carbocycles. The number of hydrogen-bond donors (Lipinski definition) is 3. The van der Waals surface area contributed by atoms with Gasteiger partial charge >= 0.3 is 5.97 Å². The summed E-state index contributed by atoms with van der Waals surface area (Å²) in [6.07, 6.45) is 10.1. The molecule has 1 unspecified atom stereocenters. The van der Waals surface area contributed by atoms with Crippen molar-refractivity contribution in [3.63, 3.8) is 0 Å². The first-order valence-electron chi connectivity index (χ1n) is 16.9. The minimum atomic E-state index is -2.07. The minimum absolute atomic E-state index is 0.0152. The fraction of sp³-hybridized carbons (Fsp3) is 0.714. The van der Waals surface area contributed by atoms with Gasteiger partial charge in [0, 0.05) is 25.0 Å². The normalized spacial score (nSPS) is 26.3. The van der Waals surface area contributed by atoms with Crippen molar-refractivity contribution in [2.24, 2.45) is 0 Å². The molecule has 4 atom stereocenters. The van der Waals surface area contributed by atoms with Crippen LogP contribution in [0.25, 0.3) is 0 Å². The molecular weight excluding hydrogens is 576 g/mol. The van der Waals surface area contributed by atoms with E-state index in [0.29, 0.717) is 36.6 Å². The first-order chi connectivity index (χ1) is 21.5. The third-order valence-electron chi connectivity index (χ3n) is 9.76. The number of allylic oxidation sites excluding steroid dienone is 1. The lowest BCUT2D eigenvalue weighted by Crippen LogP contribution is -2.49. The van der Waals surface area contributed by atoms with E-state index < -0.39 is 29.7 Å². The second kappa shape index (κ2) is 14.7. The number of aliphatic hydroxyl groups is 2. The molecule has 0 saturated heterocycles. The van der Waals surface area contributed by atoms with Gasteiger partial charge in [0.2, 0.25) is 12.7 Å². The van der Waals surface area contributed by atoms with Crippen LogP contribution in [0, 0.1) is 0 Å². The van der Waals surface area contributed by atoms with E-state index in [4.69, 9.17) is 18.9 Å². The predicted molar refractivity (Wildman–Crippen MR) is 169 cm³/mol. The number of rotatable bonds is 10. The SMILES string of the molecule is CO/C1=C/CCCCN2CCc3cc4c(cc3[C@@H](C2)[C@@H]1OC(=O)[C@@](O)(CCCC(C)(C)O)CC(=O)NC1CCCCC1)OCO4. The average Bonchev–Trinajstić information content (AvgIpc) is 3.38. The highest BCUT2D eigenvalue weighted by atomic mass is 16.7. The fourth-order valence-corrected chi connectivity index (χ4v) is 7.24. The number of nitrogens with zero attached hydrogens (tertiary/aromatic N) is 1. The van der Waals surface area contributed by atoms with Crippen LogP contribution >= 0.6 is 0 Å². The van der Waals surface area contributed by atoms with Crippen molar-refractivity contribution in [1.29, 1.82) is 0 Å². The van der Waals surface area contributed by atoms with Crippen molar-refractivity contribution in [3.8, 4) is 11.5 Å². The molecule has 1 fully saturated rings. The van der Waals surface area contributed by atoms with Crippen molar-refractivity contribution >= 4 is 11.9 Å². The van der Waals surface area contributed by atoms with Gasteiger partial charge in [-0.2, -0.15) is 0 Å². The van der Waals surface area contributed by atoms with Crippen LogP contribution in [-0.4, -0.2) is 83.9 Å². The highest BCUT2D eigenvalue weighted by Crippen LogP contribution is 2.42. The monoisotopic (exact) mass is 628 g/mol. The maximum Gasteiger partial charge on any atom is 0.339 e. The van der Waals surface area contributed by atoms with E-state index in [1.807, 2.05) is 18.2 Å². The number of amides is 1. The first-order valence-corrected chi connectivity index (χ1v) is 16.9. The standard InChI is InChI=1S/C35H52N2O8/c1-34(2,40)15-10-16-35(41,21-31(38)36-25-11-6-4-7-12-25)33(39)45-32-27-22-37(17-9-5-8-13-28(32)42-3)18-14-24-19-29-30(20-26(24)27)44-23-43-29/h13,19-20,25,27,32,40-41H,4-12,14-18,21-23H2,1-3H3,(H,36,38)/b28-13+/t27-,32+,35-/m1/s1. The summed E-state index contributed by atoms with van der Waals surface area (Å²) in [5.74, 6) is 0.395. The number of ether oxygens (including phenoxy) is 4. The van der Waals surface area contributed by atoms with Crippen LogP contribution in [0.4, 0.5) is 0 Å². The molecule has 0 radical (unpaired) electrons. The van der Waals surface area contributed by atoms with E-state index >= 15 is 0 Å². The van der Waals surface area contributed by atoms with Crippen LogP contribution in [0.5, 0.6) is 11.5 Å². The van der Waals surface area contributed by atoms with Gasteiger partial charge in [0.05, 0.1) is 19.1 Å². The second-order valence-electron chi connectivity index (χ2n) is 14.0. The Morgan fingerprint density at radius 3 is 2.51 bits per heavy atom. The Morgan fingerprint density at radius 2 is 1.78 bits per heavy atom. The van der Waals surface area contributed by atoms with Crippen LogP contribution in [-0.2, 0) is 25.5 Å². The molecule has 1 aromatic carbocycles. The second-order valence-corrected chi connectivity index (χ2v) is 14.0. The van der Waals surface area contributed by atoms with Crippen LogP contribution in [0.1, 0.15) is 108 Å². The molecule has 5 rings (SSSR count). The van der Waals surface area contributed by atoms with E-state index in [-0.39, 0.29) is 31.1 Å². The predicted octanol–water partition coefficient (Wildman–Crippen LogP) is 4.49. The number of fused-ring (bicyclic) bond motifs is 5. The lowest BCUT2D eigenvalue weighted by molar-refractivity contribution is -0.176. The Balaban J connectivity index is 1.46. The molecule has 10 nitrogen and oxygen atoms in total. The summed E-state index contributed by atoms with van der Waals surface area (Å²) in [5.41, 5.74) is -0.935. The molecule has 3 heterocycles. The van der Waals surface area contributed by atoms with Gasteiger partial charge in [0.1, 0.15) is 5.76 Å². The maximum absolute atomic E-state index is 14.2. The summed E-state index contributed by atoms with van der Waals surface area (Å²) >= 11 is 0. The lowest BCUT2D eigenvalue weighted by atomic mass is 9.86. The molecule has 1 aromatic rings. The Morgan fingerprint density at radius 1 is 1.02 bits per heavy atom. The van der Waals surface area contributed by atoms with Crippen molar-refractivity contribution < 1.29 is 38.7 Å². The highest BCUT2D eigenvalue weighted by Gasteiger charge is 2.45. The summed E-state index contributed by atoms with van der Waals surface area (Å²) in [6, 6.07) is 4.08. The molecular formula is C35H52N2O8. The Kier molecular flexibility index (Phi) is 11.0. The topological polar surface area (TPSA) is 127 Å². The van der Waals surface area contributed by atoms with E-state index in [2.05, 4.69) is 10.2 Å². The maximum atomic E-state index is 14.2. The summed E-state index contributed by atoms with van der Waals surface area (Å²) in [4.78, 5) is 29.9. The zero-order valence-electron chi connectivity index (χ0n) is 27.3. The molecule has 0 spiro atoms. The Labute approximate surface area is 267 Å². The van der Waals surface area contributed by atoms with Crippen molar-refractivity contribution in [2.45, 2.75) is 127 Å². The molecule has 10 heteroatoms. The summed E-state index contributed by atoms with van der Waals surface area (Å²) in [7, 11) is 1.58. The number of benzene rings is 1. The van der Waals surface area contributed by atoms with Crippen LogP contribution in [0.15, 0.2) is 24.0 Å². The Hall–Kier alpha value is -2.82. The van der Waals surface area contributed by atoms with E-state index in [9.17, 15) is 19.8 Å². The van der Waals surface area contributed by atoms with Gasteiger partial charge in [-0.05, 0) is 108 Å². The van der Waals surface area contributed by atoms with E-state index in [1.54, 1.807) is 21.0 Å². The number of carbonyl (C=O) groups is 2. The van der Waals surface area contributed by atoms with Crippen LogP contribution in [0.3, 0.4) is 0 Å². The van der Waals surface area contributed by atoms with Gasteiger partial charge in [0.25, 0.3) is 0 Å². The number of esters is 1. The quantitative estimate of drug-likeness (QED) is 0.321. The Bertz CT molecular complexity index is 1220. The molecule has 3 aliphatic heterocycles. The summed E-state index contributed by atoms with van der Waals surface area (Å²) < 4.78 is 23.7. The zero-order valence-corrected chi connectivity index (χ0v) is 27.3. The average molecular weight is 629 g/mol. The molecule has 0 aromatic heterocycles. The van der Waals surface area contributed by atoms with Crippen LogP contribution < -0.4 is 14.8 Å². The van der Waals surface area contributed by atoms with Gasteiger partial charge in [-0.1, -0.05) is 19.3 Å². The van der Waals surface area contributed by atoms with Crippen molar-refractivity contribution in [2.75, 3.05) is 33.5 Å².